The normalized spacial score (nSPS) is 13.1. The first-order valence-electron chi connectivity index (χ1n) is 7.86. The highest BCUT2D eigenvalue weighted by Crippen LogP contribution is 2.41. The van der Waals surface area contributed by atoms with Gasteiger partial charge < -0.3 is 5.11 Å². The summed E-state index contributed by atoms with van der Waals surface area (Å²) in [5.74, 6) is 1.13. The first kappa shape index (κ1) is 17.1. The van der Waals surface area contributed by atoms with Crippen molar-refractivity contribution in [2.24, 2.45) is 5.92 Å². The molecule has 114 valence electrons. The number of hydrogen-bond donors (Lipinski definition) is 1. The van der Waals surface area contributed by atoms with E-state index >= 15 is 0 Å². The Balaban J connectivity index is 3.51. The Morgan fingerprint density at radius 1 is 1.00 bits per heavy atom. The van der Waals surface area contributed by atoms with Gasteiger partial charge in [-0.1, -0.05) is 67.5 Å². The van der Waals surface area contributed by atoms with Gasteiger partial charge >= 0.3 is 0 Å². The van der Waals surface area contributed by atoms with Crippen molar-refractivity contribution >= 4 is 0 Å². The molecule has 1 nitrogen and oxygen atoms in total. The van der Waals surface area contributed by atoms with Gasteiger partial charge in [0.05, 0.1) is 0 Å². The van der Waals surface area contributed by atoms with E-state index in [2.05, 4.69) is 67.5 Å². The minimum Gasteiger partial charge on any atom is -0.507 e. The van der Waals surface area contributed by atoms with Gasteiger partial charge in [-0.2, -0.15) is 0 Å². The highest BCUT2D eigenvalue weighted by atomic mass is 16.3. The van der Waals surface area contributed by atoms with E-state index in [4.69, 9.17) is 0 Å². The van der Waals surface area contributed by atoms with Gasteiger partial charge in [-0.15, -0.1) is 0 Å². The van der Waals surface area contributed by atoms with Gasteiger partial charge in [0.15, 0.2) is 0 Å². The molecule has 0 aromatic heterocycles. The molecule has 0 fully saturated rings. The third-order valence-corrected chi connectivity index (χ3v) is 4.23. The number of benzene rings is 1. The number of rotatable bonds is 4. The largest absolute Gasteiger partial charge is 0.507 e. The molecule has 0 bridgehead atoms. The summed E-state index contributed by atoms with van der Waals surface area (Å²) >= 11 is 0. The Kier molecular flexibility index (Phi) is 4.94. The molecule has 1 rings (SSSR count). The van der Waals surface area contributed by atoms with E-state index in [9.17, 15) is 5.11 Å². The van der Waals surface area contributed by atoms with E-state index in [1.165, 1.54) is 5.56 Å². The predicted molar refractivity (Wildman–Crippen MR) is 88.7 cm³/mol. The molecule has 1 aromatic carbocycles. The van der Waals surface area contributed by atoms with Gasteiger partial charge in [-0.05, 0) is 40.7 Å². The zero-order valence-corrected chi connectivity index (χ0v) is 14.6. The molecule has 0 saturated carbocycles. The summed E-state index contributed by atoms with van der Waals surface area (Å²) < 4.78 is 0. The minimum atomic E-state index is -0.0321. The Labute approximate surface area is 125 Å². The van der Waals surface area contributed by atoms with E-state index < -0.39 is 0 Å². The summed E-state index contributed by atoms with van der Waals surface area (Å²) in [5, 5.41) is 10.7. The summed E-state index contributed by atoms with van der Waals surface area (Å²) in [5.41, 5.74) is 3.50. The lowest BCUT2D eigenvalue weighted by Gasteiger charge is -2.30. The maximum atomic E-state index is 10.7. The van der Waals surface area contributed by atoms with Crippen LogP contribution in [0.15, 0.2) is 12.1 Å². The second-order valence-electron chi connectivity index (χ2n) is 8.12. The van der Waals surface area contributed by atoms with Crippen molar-refractivity contribution in [3.05, 3.63) is 28.8 Å². The van der Waals surface area contributed by atoms with Crippen LogP contribution < -0.4 is 0 Å². The quantitative estimate of drug-likeness (QED) is 0.761. The van der Waals surface area contributed by atoms with Gasteiger partial charge in [-0.25, -0.2) is 0 Å². The predicted octanol–water partition coefficient (Wildman–Crippen LogP) is 5.58. The van der Waals surface area contributed by atoms with Crippen LogP contribution in [0.3, 0.4) is 0 Å². The number of phenols is 1. The molecule has 0 aliphatic rings. The lowest BCUT2D eigenvalue weighted by Crippen LogP contribution is -2.20. The molecule has 0 unspecified atom stereocenters. The molecule has 0 saturated heterocycles. The summed E-state index contributed by atoms with van der Waals surface area (Å²) in [7, 11) is 0. The van der Waals surface area contributed by atoms with Crippen molar-refractivity contribution in [1.82, 2.24) is 0 Å². The van der Waals surface area contributed by atoms with Crippen molar-refractivity contribution in [1.29, 1.82) is 0 Å². The van der Waals surface area contributed by atoms with Crippen LogP contribution in [0.1, 0.15) is 78.5 Å². The van der Waals surface area contributed by atoms with E-state index in [0.29, 0.717) is 11.7 Å². The van der Waals surface area contributed by atoms with Crippen LogP contribution >= 0.6 is 0 Å². The molecule has 0 radical (unpaired) electrons. The van der Waals surface area contributed by atoms with Gasteiger partial charge in [0.1, 0.15) is 5.75 Å². The lowest BCUT2D eigenvalue weighted by molar-refractivity contribution is 0.409. The molecule has 0 atom stereocenters. The zero-order valence-electron chi connectivity index (χ0n) is 14.6. The Morgan fingerprint density at radius 2 is 1.50 bits per heavy atom. The molecule has 1 heteroatoms. The standard InChI is InChI=1S/C19H32O/c1-9-19(7,8)16-12-14(10-13(2)3)11-15(17(16)20)18(4,5)6/h11-13,20H,9-10H2,1-8H3. The van der Waals surface area contributed by atoms with Crippen molar-refractivity contribution in [3.8, 4) is 5.75 Å². The highest BCUT2D eigenvalue weighted by Gasteiger charge is 2.28. The molecular formula is C19H32O. The Hall–Kier alpha value is -0.980. The van der Waals surface area contributed by atoms with Crippen LogP contribution in [-0.4, -0.2) is 5.11 Å². The van der Waals surface area contributed by atoms with E-state index in [1.807, 2.05) is 0 Å². The van der Waals surface area contributed by atoms with Crippen LogP contribution in [-0.2, 0) is 17.3 Å². The molecule has 0 aliphatic heterocycles. The third kappa shape index (κ3) is 3.77. The topological polar surface area (TPSA) is 20.2 Å². The van der Waals surface area contributed by atoms with Crippen LogP contribution in [0.2, 0.25) is 0 Å². The maximum Gasteiger partial charge on any atom is 0.123 e. The van der Waals surface area contributed by atoms with Gasteiger partial charge in [0.2, 0.25) is 0 Å². The summed E-state index contributed by atoms with van der Waals surface area (Å²) in [6, 6.07) is 4.42. The second kappa shape index (κ2) is 5.79. The Bertz CT molecular complexity index is 461. The minimum absolute atomic E-state index is 0.0110. The number of hydrogen-bond acceptors (Lipinski definition) is 1. The SMILES string of the molecule is CCC(C)(C)c1cc(CC(C)C)cc(C(C)(C)C)c1O. The molecule has 0 aliphatic carbocycles. The van der Waals surface area contributed by atoms with Gasteiger partial charge in [0, 0.05) is 5.56 Å². The fourth-order valence-electron chi connectivity index (χ4n) is 2.56. The van der Waals surface area contributed by atoms with Crippen molar-refractivity contribution in [3.63, 3.8) is 0 Å². The second-order valence-corrected chi connectivity index (χ2v) is 8.12. The van der Waals surface area contributed by atoms with Crippen LogP contribution in [0, 0.1) is 5.92 Å². The molecule has 0 heterocycles. The molecule has 1 aromatic rings. The molecule has 0 amide bonds. The van der Waals surface area contributed by atoms with Gasteiger partial charge in [-0.3, -0.25) is 0 Å². The monoisotopic (exact) mass is 276 g/mol. The Morgan fingerprint density at radius 3 is 1.90 bits per heavy atom. The van der Waals surface area contributed by atoms with Crippen molar-refractivity contribution in [2.75, 3.05) is 0 Å². The summed E-state index contributed by atoms with van der Waals surface area (Å²) in [6.45, 7) is 17.6. The first-order chi connectivity index (χ1) is 8.99. The molecular weight excluding hydrogens is 244 g/mol. The van der Waals surface area contributed by atoms with Crippen LogP contribution in [0.5, 0.6) is 5.75 Å². The zero-order chi connectivity index (χ0) is 15.7. The lowest BCUT2D eigenvalue weighted by atomic mass is 9.76. The first-order valence-corrected chi connectivity index (χ1v) is 7.86. The average molecular weight is 276 g/mol. The smallest absolute Gasteiger partial charge is 0.123 e. The molecule has 0 spiro atoms. The van der Waals surface area contributed by atoms with Crippen LogP contribution in [0.25, 0.3) is 0 Å². The fourth-order valence-corrected chi connectivity index (χ4v) is 2.56. The third-order valence-electron chi connectivity index (χ3n) is 4.23. The summed E-state index contributed by atoms with van der Waals surface area (Å²) in [4.78, 5) is 0. The van der Waals surface area contributed by atoms with Gasteiger partial charge in [0.25, 0.3) is 0 Å². The number of phenolic OH excluding ortho intramolecular Hbond substituents is 1. The fraction of sp³-hybridized carbons (Fsp3) is 0.684. The van der Waals surface area contributed by atoms with E-state index in [-0.39, 0.29) is 10.8 Å². The highest BCUT2D eigenvalue weighted by molar-refractivity contribution is 5.50. The molecule has 1 N–H and O–H groups in total. The van der Waals surface area contributed by atoms with Crippen molar-refractivity contribution in [2.45, 2.75) is 79.1 Å². The van der Waals surface area contributed by atoms with Crippen molar-refractivity contribution < 1.29 is 5.11 Å². The van der Waals surface area contributed by atoms with E-state index in [0.717, 1.165) is 24.0 Å². The molecule has 20 heavy (non-hydrogen) atoms. The van der Waals surface area contributed by atoms with Crippen LogP contribution in [0.4, 0.5) is 0 Å². The van der Waals surface area contributed by atoms with E-state index in [1.54, 1.807) is 0 Å². The number of aromatic hydroxyl groups is 1. The average Bonchev–Trinajstić information content (AvgIpc) is 2.28. The maximum absolute atomic E-state index is 10.7. The summed E-state index contributed by atoms with van der Waals surface area (Å²) in [6.07, 6.45) is 2.09.